The topological polar surface area (TPSA) is 40.5 Å². The highest BCUT2D eigenvalue weighted by atomic mass is 16.4. The highest BCUT2D eigenvalue weighted by Gasteiger charge is 2.19. The van der Waals surface area contributed by atoms with Gasteiger partial charge >= 0.3 is 5.97 Å². The van der Waals surface area contributed by atoms with E-state index in [0.29, 0.717) is 5.56 Å². The summed E-state index contributed by atoms with van der Waals surface area (Å²) >= 11 is 0. The third kappa shape index (κ3) is 3.59. The van der Waals surface area contributed by atoms with Gasteiger partial charge < -0.3 is 5.11 Å². The Bertz CT molecular complexity index is 558. The Hall–Kier alpha value is -1.79. The molecule has 0 radical (unpaired) electrons. The molecule has 19 heavy (non-hydrogen) atoms. The van der Waals surface area contributed by atoms with Gasteiger partial charge in [0.05, 0.1) is 12.1 Å². The highest BCUT2D eigenvalue weighted by molar-refractivity contribution is 5.87. The van der Waals surface area contributed by atoms with Crippen LogP contribution in [0.25, 0.3) is 0 Å². The molecule has 0 amide bonds. The van der Waals surface area contributed by atoms with Crippen molar-refractivity contribution in [3.63, 3.8) is 0 Å². The second-order valence-corrected chi connectivity index (χ2v) is 5.99. The maximum absolute atomic E-state index is 10.9. The van der Waals surface area contributed by atoms with Crippen molar-refractivity contribution in [3.8, 4) is 11.8 Å². The fourth-order valence-corrected chi connectivity index (χ4v) is 2.13. The number of hydrogen-bond acceptors (Lipinski definition) is 2. The average Bonchev–Trinajstić information content (AvgIpc) is 2.68. The molecule has 1 N–H and O–H groups in total. The molecule has 0 aliphatic carbocycles. The molecule has 1 aromatic rings. The molecule has 0 saturated heterocycles. The predicted octanol–water partition coefficient (Wildman–Crippen LogP) is 2.75. The molecule has 100 valence electrons. The van der Waals surface area contributed by atoms with Gasteiger partial charge in [-0.1, -0.05) is 17.9 Å². The fraction of sp³-hybridized carbons (Fsp3) is 0.438. The van der Waals surface area contributed by atoms with Gasteiger partial charge in [-0.15, -0.1) is 0 Å². The zero-order valence-electron chi connectivity index (χ0n) is 11.7. The summed E-state index contributed by atoms with van der Waals surface area (Å²) in [5.41, 5.74) is 2.71. The van der Waals surface area contributed by atoms with Crippen LogP contribution in [0, 0.1) is 17.3 Å². The first kappa shape index (κ1) is 13.6. The van der Waals surface area contributed by atoms with Crippen molar-refractivity contribution in [2.45, 2.75) is 33.9 Å². The average molecular weight is 257 g/mol. The lowest BCUT2D eigenvalue weighted by molar-refractivity contribution is 0.0696. The SMILES string of the molecule is CC(C)(C)C#CCN1Cc2ccc(C(=O)O)cc2C1. The monoisotopic (exact) mass is 257 g/mol. The Labute approximate surface area is 114 Å². The van der Waals surface area contributed by atoms with Crippen LogP contribution in [0.3, 0.4) is 0 Å². The third-order valence-electron chi connectivity index (χ3n) is 3.01. The van der Waals surface area contributed by atoms with Gasteiger partial charge in [-0.3, -0.25) is 4.90 Å². The second kappa shape index (κ2) is 5.07. The van der Waals surface area contributed by atoms with Crippen LogP contribution in [0.4, 0.5) is 0 Å². The first-order valence-corrected chi connectivity index (χ1v) is 6.43. The van der Waals surface area contributed by atoms with Gasteiger partial charge in [0.25, 0.3) is 0 Å². The minimum atomic E-state index is -0.867. The maximum atomic E-state index is 10.9. The Morgan fingerprint density at radius 3 is 2.63 bits per heavy atom. The molecule has 2 rings (SSSR count). The molecule has 1 aromatic carbocycles. The number of nitrogens with zero attached hydrogens (tertiary/aromatic N) is 1. The Morgan fingerprint density at radius 2 is 2.00 bits per heavy atom. The molecule has 1 aliphatic heterocycles. The number of benzene rings is 1. The van der Waals surface area contributed by atoms with Gasteiger partial charge in [0, 0.05) is 18.5 Å². The number of aromatic carboxylic acids is 1. The Balaban J connectivity index is 2.04. The molecular weight excluding hydrogens is 238 g/mol. The summed E-state index contributed by atoms with van der Waals surface area (Å²) in [6.07, 6.45) is 0. The van der Waals surface area contributed by atoms with Crippen LogP contribution in [0.1, 0.15) is 42.3 Å². The summed E-state index contributed by atoms with van der Waals surface area (Å²) in [7, 11) is 0. The zero-order chi connectivity index (χ0) is 14.0. The largest absolute Gasteiger partial charge is 0.478 e. The summed E-state index contributed by atoms with van der Waals surface area (Å²) in [5, 5.41) is 8.98. The second-order valence-electron chi connectivity index (χ2n) is 5.99. The Morgan fingerprint density at radius 1 is 1.32 bits per heavy atom. The van der Waals surface area contributed by atoms with Crippen LogP contribution in [0.15, 0.2) is 18.2 Å². The van der Waals surface area contributed by atoms with E-state index in [-0.39, 0.29) is 5.41 Å². The number of carboxylic acid groups (broad SMARTS) is 1. The molecule has 0 saturated carbocycles. The van der Waals surface area contributed by atoms with Gasteiger partial charge in [0.15, 0.2) is 0 Å². The van der Waals surface area contributed by atoms with E-state index in [9.17, 15) is 4.79 Å². The number of carboxylic acids is 1. The van der Waals surface area contributed by atoms with Crippen molar-refractivity contribution >= 4 is 5.97 Å². The first-order chi connectivity index (χ1) is 8.85. The van der Waals surface area contributed by atoms with Gasteiger partial charge in [-0.25, -0.2) is 4.79 Å². The summed E-state index contributed by atoms with van der Waals surface area (Å²) in [5.74, 6) is 5.55. The summed E-state index contributed by atoms with van der Waals surface area (Å²) in [6.45, 7) is 8.66. The van der Waals surface area contributed by atoms with Crippen LogP contribution in [-0.4, -0.2) is 22.5 Å². The minimum absolute atomic E-state index is 0.0308. The van der Waals surface area contributed by atoms with E-state index in [1.807, 2.05) is 6.07 Å². The summed E-state index contributed by atoms with van der Waals surface area (Å²) in [4.78, 5) is 13.2. The summed E-state index contributed by atoms with van der Waals surface area (Å²) < 4.78 is 0. The number of carbonyl (C=O) groups is 1. The number of rotatable bonds is 2. The molecule has 0 aromatic heterocycles. The van der Waals surface area contributed by atoms with Crippen LogP contribution in [0.2, 0.25) is 0 Å². The summed E-state index contributed by atoms with van der Waals surface area (Å²) in [6, 6.07) is 5.36. The third-order valence-corrected chi connectivity index (χ3v) is 3.01. The van der Waals surface area contributed by atoms with Gasteiger partial charge in [-0.05, 0) is 44.0 Å². The number of hydrogen-bond donors (Lipinski definition) is 1. The van der Waals surface area contributed by atoms with Crippen molar-refractivity contribution < 1.29 is 9.90 Å². The molecule has 0 spiro atoms. The van der Waals surface area contributed by atoms with Crippen LogP contribution in [-0.2, 0) is 13.1 Å². The molecule has 1 aliphatic rings. The minimum Gasteiger partial charge on any atom is -0.478 e. The molecule has 3 heteroatoms. The molecule has 0 fully saturated rings. The van der Waals surface area contributed by atoms with E-state index >= 15 is 0 Å². The van der Waals surface area contributed by atoms with E-state index in [1.165, 1.54) is 5.56 Å². The van der Waals surface area contributed by atoms with Crippen LogP contribution < -0.4 is 0 Å². The molecule has 3 nitrogen and oxygen atoms in total. The molecular formula is C16H19NO2. The number of fused-ring (bicyclic) bond motifs is 1. The van der Waals surface area contributed by atoms with Gasteiger partial charge in [0.1, 0.15) is 0 Å². The smallest absolute Gasteiger partial charge is 0.335 e. The molecule has 0 atom stereocenters. The van der Waals surface area contributed by atoms with Crippen molar-refractivity contribution in [1.82, 2.24) is 4.90 Å². The first-order valence-electron chi connectivity index (χ1n) is 6.43. The zero-order valence-corrected chi connectivity index (χ0v) is 11.7. The highest BCUT2D eigenvalue weighted by Crippen LogP contribution is 2.23. The van der Waals surface area contributed by atoms with Crippen molar-refractivity contribution in [3.05, 3.63) is 34.9 Å². The lowest BCUT2D eigenvalue weighted by atomic mass is 9.98. The molecule has 0 bridgehead atoms. The maximum Gasteiger partial charge on any atom is 0.335 e. The van der Waals surface area contributed by atoms with E-state index in [4.69, 9.17) is 5.11 Å². The van der Waals surface area contributed by atoms with Crippen LogP contribution in [0.5, 0.6) is 0 Å². The lowest BCUT2D eigenvalue weighted by Gasteiger charge is -2.11. The van der Waals surface area contributed by atoms with Crippen molar-refractivity contribution in [2.24, 2.45) is 5.41 Å². The fourth-order valence-electron chi connectivity index (χ4n) is 2.13. The van der Waals surface area contributed by atoms with E-state index in [2.05, 4.69) is 37.5 Å². The van der Waals surface area contributed by atoms with E-state index in [1.54, 1.807) is 12.1 Å². The molecule has 0 unspecified atom stereocenters. The standard InChI is InChI=1S/C16H19NO2/c1-16(2,3)7-4-8-17-10-13-6-5-12(15(18)19)9-14(13)11-17/h5-6,9H,8,10-11H2,1-3H3,(H,18,19). The normalized spacial score (nSPS) is 14.7. The van der Waals surface area contributed by atoms with Crippen molar-refractivity contribution in [1.29, 1.82) is 0 Å². The van der Waals surface area contributed by atoms with Gasteiger partial charge in [0.2, 0.25) is 0 Å². The van der Waals surface area contributed by atoms with Crippen molar-refractivity contribution in [2.75, 3.05) is 6.54 Å². The predicted molar refractivity (Wildman–Crippen MR) is 74.7 cm³/mol. The Kier molecular flexibility index (Phi) is 3.64. The van der Waals surface area contributed by atoms with Crippen LogP contribution >= 0.6 is 0 Å². The lowest BCUT2D eigenvalue weighted by Crippen LogP contribution is -2.16. The van der Waals surface area contributed by atoms with Gasteiger partial charge in [-0.2, -0.15) is 0 Å². The van der Waals surface area contributed by atoms with E-state index in [0.717, 1.165) is 25.2 Å². The van der Waals surface area contributed by atoms with E-state index < -0.39 is 5.97 Å². The molecule has 1 heterocycles. The quantitative estimate of drug-likeness (QED) is 0.828.